The first-order valence-corrected chi connectivity index (χ1v) is 12.2. The molecule has 0 atom stereocenters. The predicted molar refractivity (Wildman–Crippen MR) is 126 cm³/mol. The maximum Gasteiger partial charge on any atom is 0.251 e. The summed E-state index contributed by atoms with van der Waals surface area (Å²) >= 11 is 6.13. The fourth-order valence-corrected chi connectivity index (χ4v) is 4.89. The Labute approximate surface area is 196 Å². The van der Waals surface area contributed by atoms with Crippen molar-refractivity contribution in [2.75, 3.05) is 6.54 Å². The number of aromatic nitrogens is 3. The summed E-state index contributed by atoms with van der Waals surface area (Å²) in [5.74, 6) is -0.370. The number of nitrogens with one attached hydrogen (secondary N) is 2. The molecule has 0 fully saturated rings. The SMILES string of the molecule is O=C(NCCCn1cnc2ccccc21)c1ccc(Cl)c(S(=O)(=O)NCc2cccnc2)c1. The molecule has 1 amide bonds. The van der Waals surface area contributed by atoms with E-state index in [0.29, 0.717) is 25.1 Å². The Morgan fingerprint density at radius 2 is 1.94 bits per heavy atom. The Hall–Kier alpha value is -3.27. The number of pyridine rings is 1. The molecule has 2 aromatic carbocycles. The van der Waals surface area contributed by atoms with Crippen molar-refractivity contribution in [1.82, 2.24) is 24.6 Å². The number of carbonyl (C=O) groups is 1. The zero-order chi connectivity index (χ0) is 23.3. The minimum Gasteiger partial charge on any atom is -0.352 e. The van der Waals surface area contributed by atoms with Gasteiger partial charge in [0.25, 0.3) is 5.91 Å². The highest BCUT2D eigenvalue weighted by Crippen LogP contribution is 2.23. The fraction of sp³-hybridized carbons (Fsp3) is 0.174. The number of sulfonamides is 1. The van der Waals surface area contributed by atoms with Crippen molar-refractivity contribution in [2.24, 2.45) is 0 Å². The maximum atomic E-state index is 12.7. The fourth-order valence-electron chi connectivity index (χ4n) is 3.35. The molecule has 4 aromatic rings. The molecule has 4 rings (SSSR count). The third kappa shape index (κ3) is 5.57. The third-order valence-corrected chi connectivity index (χ3v) is 6.94. The first-order chi connectivity index (χ1) is 15.9. The molecule has 0 aliphatic rings. The number of fused-ring (bicyclic) bond motifs is 1. The van der Waals surface area contributed by atoms with Crippen molar-refractivity contribution in [3.05, 3.63) is 89.5 Å². The van der Waals surface area contributed by atoms with Gasteiger partial charge in [-0.2, -0.15) is 0 Å². The van der Waals surface area contributed by atoms with Gasteiger partial charge in [-0.1, -0.05) is 29.8 Å². The Bertz CT molecular complexity index is 1370. The van der Waals surface area contributed by atoms with Crippen LogP contribution in [0.3, 0.4) is 0 Å². The van der Waals surface area contributed by atoms with Crippen molar-refractivity contribution in [3.8, 4) is 0 Å². The summed E-state index contributed by atoms with van der Waals surface area (Å²) in [6, 6.07) is 15.5. The first kappa shape index (κ1) is 22.9. The number of para-hydroxylation sites is 2. The molecule has 0 unspecified atom stereocenters. The van der Waals surface area contributed by atoms with Gasteiger partial charge >= 0.3 is 0 Å². The van der Waals surface area contributed by atoms with Gasteiger partial charge in [-0.25, -0.2) is 18.1 Å². The lowest BCUT2D eigenvalue weighted by Crippen LogP contribution is -2.27. The quantitative estimate of drug-likeness (QED) is 0.355. The number of carbonyl (C=O) groups excluding carboxylic acids is 1. The van der Waals surface area contributed by atoms with Gasteiger partial charge in [0.15, 0.2) is 0 Å². The largest absolute Gasteiger partial charge is 0.352 e. The molecule has 33 heavy (non-hydrogen) atoms. The molecule has 0 radical (unpaired) electrons. The second-order valence-corrected chi connectivity index (χ2v) is 9.51. The van der Waals surface area contributed by atoms with Gasteiger partial charge in [-0.15, -0.1) is 0 Å². The number of amides is 1. The third-order valence-electron chi connectivity index (χ3n) is 5.06. The molecule has 0 bridgehead atoms. The number of hydrogen-bond donors (Lipinski definition) is 2. The van der Waals surface area contributed by atoms with Crippen LogP contribution in [0.2, 0.25) is 5.02 Å². The van der Waals surface area contributed by atoms with Gasteiger partial charge in [-0.3, -0.25) is 9.78 Å². The van der Waals surface area contributed by atoms with Gasteiger partial charge in [-0.05, 0) is 48.4 Å². The summed E-state index contributed by atoms with van der Waals surface area (Å²) in [5, 5.41) is 2.87. The van der Waals surface area contributed by atoms with Crippen molar-refractivity contribution in [3.63, 3.8) is 0 Å². The molecule has 2 heterocycles. The standard InChI is InChI=1S/C23H22ClN5O3S/c24-19-9-8-18(13-22(19)33(31,32)28-15-17-5-3-10-25-14-17)23(30)26-11-4-12-29-16-27-20-6-1-2-7-21(20)29/h1-3,5-10,13-14,16,28H,4,11-12,15H2,(H,26,30). The summed E-state index contributed by atoms with van der Waals surface area (Å²) in [7, 11) is -3.92. The molecule has 0 spiro atoms. The van der Waals surface area contributed by atoms with Crippen LogP contribution < -0.4 is 10.0 Å². The molecule has 0 saturated carbocycles. The van der Waals surface area contributed by atoms with E-state index < -0.39 is 10.0 Å². The van der Waals surface area contributed by atoms with E-state index in [1.165, 1.54) is 18.2 Å². The van der Waals surface area contributed by atoms with E-state index in [9.17, 15) is 13.2 Å². The average Bonchev–Trinajstić information content (AvgIpc) is 3.24. The number of halogens is 1. The zero-order valence-corrected chi connectivity index (χ0v) is 19.2. The van der Waals surface area contributed by atoms with Crippen LogP contribution in [-0.4, -0.2) is 35.4 Å². The molecule has 0 aliphatic carbocycles. The second-order valence-electron chi connectivity index (χ2n) is 7.37. The lowest BCUT2D eigenvalue weighted by molar-refractivity contribution is 0.0952. The van der Waals surface area contributed by atoms with Crippen molar-refractivity contribution in [2.45, 2.75) is 24.4 Å². The van der Waals surface area contributed by atoms with Crippen molar-refractivity contribution < 1.29 is 13.2 Å². The highest BCUT2D eigenvalue weighted by Gasteiger charge is 2.20. The lowest BCUT2D eigenvalue weighted by Gasteiger charge is -2.11. The van der Waals surface area contributed by atoms with Crippen LogP contribution >= 0.6 is 11.6 Å². The van der Waals surface area contributed by atoms with Gasteiger partial charge in [0.05, 0.1) is 22.4 Å². The number of benzene rings is 2. The van der Waals surface area contributed by atoms with Gasteiger partial charge < -0.3 is 9.88 Å². The summed E-state index contributed by atoms with van der Waals surface area (Å²) in [6.07, 6.45) is 5.65. The molecular formula is C23H22ClN5O3S. The lowest BCUT2D eigenvalue weighted by atomic mass is 10.2. The van der Waals surface area contributed by atoms with E-state index >= 15 is 0 Å². The van der Waals surface area contributed by atoms with E-state index in [1.54, 1.807) is 30.9 Å². The van der Waals surface area contributed by atoms with Crippen LogP contribution in [-0.2, 0) is 23.1 Å². The number of hydrogen-bond acceptors (Lipinski definition) is 5. The molecule has 170 valence electrons. The molecule has 2 aromatic heterocycles. The van der Waals surface area contributed by atoms with Gasteiger partial charge in [0, 0.05) is 37.6 Å². The normalized spacial score (nSPS) is 11.5. The van der Waals surface area contributed by atoms with Crippen LogP contribution in [0, 0.1) is 0 Å². The number of imidazole rings is 1. The van der Waals surface area contributed by atoms with Gasteiger partial charge in [0.1, 0.15) is 4.90 Å². The molecular weight excluding hydrogens is 462 g/mol. The first-order valence-electron chi connectivity index (χ1n) is 10.3. The van der Waals surface area contributed by atoms with Crippen LogP contribution in [0.1, 0.15) is 22.3 Å². The van der Waals surface area contributed by atoms with E-state index in [2.05, 4.69) is 20.0 Å². The summed E-state index contributed by atoms with van der Waals surface area (Å²) in [6.45, 7) is 1.18. The van der Waals surface area contributed by atoms with Crippen LogP contribution in [0.25, 0.3) is 11.0 Å². The highest BCUT2D eigenvalue weighted by atomic mass is 35.5. The van der Waals surface area contributed by atoms with E-state index in [1.807, 2.05) is 28.8 Å². The number of aryl methyl sites for hydroxylation is 1. The zero-order valence-electron chi connectivity index (χ0n) is 17.6. The Kier molecular flexibility index (Phi) is 7.02. The van der Waals surface area contributed by atoms with Crippen LogP contribution in [0.5, 0.6) is 0 Å². The summed E-state index contributed by atoms with van der Waals surface area (Å²) < 4.78 is 30.0. The molecule has 0 aliphatic heterocycles. The maximum absolute atomic E-state index is 12.7. The van der Waals surface area contributed by atoms with E-state index in [-0.39, 0.29) is 27.9 Å². The van der Waals surface area contributed by atoms with Crippen LogP contribution in [0.15, 0.2) is 78.2 Å². The average molecular weight is 484 g/mol. The smallest absolute Gasteiger partial charge is 0.251 e. The van der Waals surface area contributed by atoms with Crippen molar-refractivity contribution in [1.29, 1.82) is 0 Å². The van der Waals surface area contributed by atoms with E-state index in [0.717, 1.165) is 11.0 Å². The van der Waals surface area contributed by atoms with Gasteiger partial charge in [0.2, 0.25) is 10.0 Å². The Morgan fingerprint density at radius 1 is 1.09 bits per heavy atom. The van der Waals surface area contributed by atoms with E-state index in [4.69, 9.17) is 11.6 Å². The Balaban J connectivity index is 1.36. The number of nitrogens with zero attached hydrogens (tertiary/aromatic N) is 3. The van der Waals surface area contributed by atoms with Crippen LogP contribution in [0.4, 0.5) is 0 Å². The second kappa shape index (κ2) is 10.1. The van der Waals surface area contributed by atoms with Crippen molar-refractivity contribution >= 4 is 38.6 Å². The Morgan fingerprint density at radius 3 is 2.76 bits per heavy atom. The molecule has 8 nitrogen and oxygen atoms in total. The highest BCUT2D eigenvalue weighted by molar-refractivity contribution is 7.89. The monoisotopic (exact) mass is 483 g/mol. The summed E-state index contributed by atoms with van der Waals surface area (Å²) in [4.78, 5) is 20.8. The molecule has 10 heteroatoms. The summed E-state index contributed by atoms with van der Waals surface area (Å²) in [5.41, 5.74) is 2.88. The minimum atomic E-state index is -3.92. The molecule has 0 saturated heterocycles. The molecule has 2 N–H and O–H groups in total. The predicted octanol–water partition coefficient (Wildman–Crippen LogP) is 3.38. The number of rotatable bonds is 9. The topological polar surface area (TPSA) is 106 Å². The minimum absolute atomic E-state index is 0.0391.